The summed E-state index contributed by atoms with van der Waals surface area (Å²) in [6, 6.07) is 3.89. The number of rotatable bonds is 5. The molecule has 0 bridgehead atoms. The first-order chi connectivity index (χ1) is 10.1. The number of thiocarbonyl (C=S) groups is 1. The van der Waals surface area contributed by atoms with E-state index in [1.165, 1.54) is 12.8 Å². The van der Waals surface area contributed by atoms with Crippen LogP contribution >= 0.6 is 39.7 Å². The highest BCUT2D eigenvalue weighted by Gasteiger charge is 2.31. The van der Waals surface area contributed by atoms with Gasteiger partial charge in [-0.05, 0) is 52.4 Å². The highest BCUT2D eigenvalue weighted by molar-refractivity contribution is 9.10. The Balaban J connectivity index is 2.05. The topological polar surface area (TPSA) is 26.0 Å². The summed E-state index contributed by atoms with van der Waals surface area (Å²) < 4.78 is 6.11. The molecule has 1 fully saturated rings. The second-order valence-corrected chi connectivity index (χ2v) is 6.96. The molecular weight excluding hydrogens is 370 g/mol. The van der Waals surface area contributed by atoms with Crippen LogP contribution in [0.4, 0.5) is 0 Å². The maximum Gasteiger partial charge on any atom is 0.132 e. The largest absolute Gasteiger partial charge is 0.364 e. The van der Waals surface area contributed by atoms with Gasteiger partial charge in [0.05, 0.1) is 21.1 Å². The standard InChI is InChI=1S/C16H15BrClNOS/c1-2-3-10-11(6-7-13(18)14(10)17)16(21)12-8-20-19-15(12)9-4-5-9/h6-9H,2-5H2,1H3. The molecule has 0 N–H and O–H groups in total. The van der Waals surface area contributed by atoms with Crippen LogP contribution in [0.2, 0.25) is 5.02 Å². The molecule has 1 aromatic heterocycles. The Hall–Kier alpha value is -0.710. The first-order valence-electron chi connectivity index (χ1n) is 7.09. The van der Waals surface area contributed by atoms with Gasteiger partial charge in [-0.2, -0.15) is 0 Å². The normalized spacial score (nSPS) is 14.4. The summed E-state index contributed by atoms with van der Waals surface area (Å²) in [6.45, 7) is 2.15. The van der Waals surface area contributed by atoms with Gasteiger partial charge in [-0.25, -0.2) is 0 Å². The first kappa shape index (κ1) is 15.2. The van der Waals surface area contributed by atoms with Gasteiger partial charge >= 0.3 is 0 Å². The molecule has 0 spiro atoms. The van der Waals surface area contributed by atoms with Crippen molar-refractivity contribution in [3.05, 3.63) is 50.3 Å². The second-order valence-electron chi connectivity index (χ2n) is 5.35. The molecule has 0 unspecified atom stereocenters. The van der Waals surface area contributed by atoms with Crippen molar-refractivity contribution in [2.24, 2.45) is 0 Å². The van der Waals surface area contributed by atoms with Gasteiger partial charge < -0.3 is 4.52 Å². The zero-order chi connectivity index (χ0) is 15.0. The lowest BCUT2D eigenvalue weighted by atomic mass is 9.96. The minimum atomic E-state index is 0.516. The van der Waals surface area contributed by atoms with Crippen LogP contribution in [0.1, 0.15) is 54.5 Å². The minimum absolute atomic E-state index is 0.516. The summed E-state index contributed by atoms with van der Waals surface area (Å²) in [5, 5.41) is 4.86. The van der Waals surface area contributed by atoms with Crippen molar-refractivity contribution in [1.29, 1.82) is 0 Å². The zero-order valence-electron chi connectivity index (χ0n) is 11.7. The summed E-state index contributed by atoms with van der Waals surface area (Å²) in [5.74, 6) is 0.516. The molecule has 0 aliphatic heterocycles. The van der Waals surface area contributed by atoms with Crippen molar-refractivity contribution < 1.29 is 4.52 Å². The predicted octanol–water partition coefficient (Wildman–Crippen LogP) is 5.69. The number of benzene rings is 1. The van der Waals surface area contributed by atoms with Crippen molar-refractivity contribution in [3.63, 3.8) is 0 Å². The summed E-state index contributed by atoms with van der Waals surface area (Å²) in [5.41, 5.74) is 4.18. The molecule has 1 aromatic carbocycles. The lowest BCUT2D eigenvalue weighted by Crippen LogP contribution is -2.07. The monoisotopic (exact) mass is 383 g/mol. The van der Waals surface area contributed by atoms with E-state index in [9.17, 15) is 0 Å². The van der Waals surface area contributed by atoms with Gasteiger partial charge in [-0.1, -0.05) is 48.4 Å². The summed E-state index contributed by atoms with van der Waals surface area (Å²) in [6.07, 6.45) is 5.99. The first-order valence-corrected chi connectivity index (χ1v) is 8.67. The van der Waals surface area contributed by atoms with Crippen LogP contribution in [-0.4, -0.2) is 10.0 Å². The molecule has 1 heterocycles. The highest BCUT2D eigenvalue weighted by atomic mass is 79.9. The van der Waals surface area contributed by atoms with Gasteiger partial charge in [0, 0.05) is 10.4 Å². The van der Waals surface area contributed by atoms with Crippen LogP contribution in [0, 0.1) is 0 Å². The number of aromatic nitrogens is 1. The molecule has 0 saturated heterocycles. The van der Waals surface area contributed by atoms with Crippen LogP contribution < -0.4 is 0 Å². The van der Waals surface area contributed by atoms with Crippen LogP contribution in [0.3, 0.4) is 0 Å². The Bertz CT molecular complexity index is 694. The fourth-order valence-electron chi connectivity index (χ4n) is 2.51. The molecule has 0 atom stereocenters. The third-order valence-corrected chi connectivity index (χ3v) is 5.64. The van der Waals surface area contributed by atoms with Gasteiger partial charge in [0.1, 0.15) is 6.26 Å². The fraction of sp³-hybridized carbons (Fsp3) is 0.375. The van der Waals surface area contributed by atoms with Gasteiger partial charge in [0.2, 0.25) is 0 Å². The summed E-state index contributed by atoms with van der Waals surface area (Å²) in [4.78, 5) is 0.805. The van der Waals surface area contributed by atoms with E-state index in [0.717, 1.165) is 49.6 Å². The van der Waals surface area contributed by atoms with Gasteiger partial charge in [0.25, 0.3) is 0 Å². The van der Waals surface area contributed by atoms with E-state index in [0.29, 0.717) is 5.92 Å². The molecule has 0 amide bonds. The van der Waals surface area contributed by atoms with Crippen molar-refractivity contribution >= 4 is 44.6 Å². The van der Waals surface area contributed by atoms with Gasteiger partial charge in [-0.3, -0.25) is 0 Å². The SMILES string of the molecule is CCCc1c(C(=S)c2conc2C2CC2)ccc(Cl)c1Br. The maximum absolute atomic E-state index is 6.22. The quantitative estimate of drug-likeness (QED) is 0.489. The summed E-state index contributed by atoms with van der Waals surface area (Å²) >= 11 is 15.5. The lowest BCUT2D eigenvalue weighted by molar-refractivity contribution is 0.412. The molecule has 110 valence electrons. The maximum atomic E-state index is 6.22. The van der Waals surface area contributed by atoms with Crippen molar-refractivity contribution in [3.8, 4) is 0 Å². The van der Waals surface area contributed by atoms with Gasteiger partial charge in [-0.15, -0.1) is 0 Å². The molecule has 2 nitrogen and oxygen atoms in total. The van der Waals surface area contributed by atoms with Crippen LogP contribution in [-0.2, 0) is 6.42 Å². The molecule has 1 aliphatic carbocycles. The highest BCUT2D eigenvalue weighted by Crippen LogP contribution is 2.42. The molecule has 3 rings (SSSR count). The molecule has 1 saturated carbocycles. The van der Waals surface area contributed by atoms with Crippen LogP contribution in [0.5, 0.6) is 0 Å². The Labute approximate surface area is 143 Å². The molecule has 1 aliphatic rings. The zero-order valence-corrected chi connectivity index (χ0v) is 14.8. The predicted molar refractivity (Wildman–Crippen MR) is 92.4 cm³/mol. The number of nitrogens with zero attached hydrogens (tertiary/aromatic N) is 1. The average Bonchev–Trinajstić information content (AvgIpc) is 3.21. The van der Waals surface area contributed by atoms with Crippen molar-refractivity contribution in [2.75, 3.05) is 0 Å². The second kappa shape index (κ2) is 6.19. The van der Waals surface area contributed by atoms with Crippen molar-refractivity contribution in [1.82, 2.24) is 5.16 Å². The molecule has 21 heavy (non-hydrogen) atoms. The smallest absolute Gasteiger partial charge is 0.132 e. The molecule has 2 aromatic rings. The van der Waals surface area contributed by atoms with Crippen LogP contribution in [0.15, 0.2) is 27.4 Å². The van der Waals surface area contributed by atoms with E-state index in [1.54, 1.807) is 6.26 Å². The summed E-state index contributed by atoms with van der Waals surface area (Å²) in [7, 11) is 0. The van der Waals surface area contributed by atoms with E-state index in [-0.39, 0.29) is 0 Å². The average molecular weight is 385 g/mol. The number of halogens is 2. The Kier molecular flexibility index (Phi) is 4.48. The van der Waals surface area contributed by atoms with E-state index >= 15 is 0 Å². The van der Waals surface area contributed by atoms with Crippen molar-refractivity contribution in [2.45, 2.75) is 38.5 Å². The lowest BCUT2D eigenvalue weighted by Gasteiger charge is -2.13. The molecule has 5 heteroatoms. The van der Waals surface area contributed by atoms with E-state index in [4.69, 9.17) is 28.3 Å². The van der Waals surface area contributed by atoms with E-state index in [2.05, 4.69) is 28.0 Å². The Morgan fingerprint density at radius 2 is 2.19 bits per heavy atom. The molecule has 0 radical (unpaired) electrons. The third-order valence-electron chi connectivity index (χ3n) is 3.75. The van der Waals surface area contributed by atoms with E-state index < -0.39 is 0 Å². The van der Waals surface area contributed by atoms with Gasteiger partial charge in [0.15, 0.2) is 0 Å². The fourth-order valence-corrected chi connectivity index (χ4v) is 3.58. The molecular formula is C16H15BrClNOS. The van der Waals surface area contributed by atoms with Crippen LogP contribution in [0.25, 0.3) is 0 Å². The number of hydrogen-bond donors (Lipinski definition) is 0. The number of hydrogen-bond acceptors (Lipinski definition) is 3. The Morgan fingerprint density at radius 3 is 2.86 bits per heavy atom. The van der Waals surface area contributed by atoms with E-state index in [1.807, 2.05) is 12.1 Å². The third kappa shape index (κ3) is 2.94. The Morgan fingerprint density at radius 1 is 1.43 bits per heavy atom. The minimum Gasteiger partial charge on any atom is -0.364 e.